The first-order chi connectivity index (χ1) is 10.5. The Morgan fingerprint density at radius 2 is 2.09 bits per heavy atom. The van der Waals surface area contributed by atoms with Crippen molar-refractivity contribution in [1.29, 1.82) is 0 Å². The van der Waals surface area contributed by atoms with Crippen LogP contribution in [0.4, 0.5) is 4.39 Å². The standard InChI is InChI=1S/C14H10FN3O4/c15-8-4-2-1-3-7(8)6-18-13-11(12(17-18)14(21)22)9(19)5-10(20)16-13/h1-5H,6H2,(H,21,22)(H2,16,19,20). The van der Waals surface area contributed by atoms with Gasteiger partial charge in [-0.15, -0.1) is 0 Å². The average molecular weight is 303 g/mol. The first kappa shape index (κ1) is 13.8. The van der Waals surface area contributed by atoms with Crippen LogP contribution in [0.1, 0.15) is 16.1 Å². The van der Waals surface area contributed by atoms with E-state index in [9.17, 15) is 19.1 Å². The molecule has 0 aliphatic carbocycles. The third-order valence-corrected chi connectivity index (χ3v) is 3.20. The van der Waals surface area contributed by atoms with Gasteiger partial charge >= 0.3 is 5.97 Å². The number of nitrogens with zero attached hydrogens (tertiary/aromatic N) is 2. The number of carboxylic acid groups (broad SMARTS) is 1. The van der Waals surface area contributed by atoms with E-state index >= 15 is 0 Å². The Balaban J connectivity index is 2.24. The van der Waals surface area contributed by atoms with Gasteiger partial charge in [0, 0.05) is 11.6 Å². The van der Waals surface area contributed by atoms with Crippen LogP contribution in [0.25, 0.3) is 11.0 Å². The zero-order valence-corrected chi connectivity index (χ0v) is 11.1. The molecule has 0 amide bonds. The maximum Gasteiger partial charge on any atom is 0.357 e. The van der Waals surface area contributed by atoms with E-state index in [1.807, 2.05) is 0 Å². The van der Waals surface area contributed by atoms with Gasteiger partial charge in [-0.2, -0.15) is 5.10 Å². The third-order valence-electron chi connectivity index (χ3n) is 3.20. The monoisotopic (exact) mass is 303 g/mol. The quantitative estimate of drug-likeness (QED) is 0.676. The summed E-state index contributed by atoms with van der Waals surface area (Å²) in [6.45, 7) is -0.0875. The maximum absolute atomic E-state index is 13.7. The van der Waals surface area contributed by atoms with Crippen molar-refractivity contribution in [2.45, 2.75) is 6.54 Å². The number of H-pyrrole nitrogens is 1. The van der Waals surface area contributed by atoms with Crippen molar-refractivity contribution in [3.8, 4) is 5.75 Å². The van der Waals surface area contributed by atoms with Crippen molar-refractivity contribution >= 4 is 17.0 Å². The molecule has 2 heterocycles. The molecule has 0 bridgehead atoms. The molecule has 3 rings (SSSR count). The van der Waals surface area contributed by atoms with E-state index in [1.165, 1.54) is 18.2 Å². The molecule has 0 aliphatic heterocycles. The minimum Gasteiger partial charge on any atom is -0.507 e. The summed E-state index contributed by atoms with van der Waals surface area (Å²) in [7, 11) is 0. The Morgan fingerprint density at radius 1 is 1.36 bits per heavy atom. The molecule has 112 valence electrons. The minimum atomic E-state index is -1.36. The summed E-state index contributed by atoms with van der Waals surface area (Å²) in [5, 5.41) is 22.7. The van der Waals surface area contributed by atoms with Gasteiger partial charge in [-0.25, -0.2) is 13.9 Å². The second-order valence-electron chi connectivity index (χ2n) is 4.65. The summed E-state index contributed by atoms with van der Waals surface area (Å²) < 4.78 is 14.9. The van der Waals surface area contributed by atoms with Gasteiger partial charge in [-0.3, -0.25) is 4.79 Å². The van der Waals surface area contributed by atoms with Crippen LogP contribution in [0.3, 0.4) is 0 Å². The molecular weight excluding hydrogens is 293 g/mol. The summed E-state index contributed by atoms with van der Waals surface area (Å²) in [6.07, 6.45) is 0. The number of nitrogens with one attached hydrogen (secondary N) is 1. The highest BCUT2D eigenvalue weighted by Crippen LogP contribution is 2.25. The predicted octanol–water partition coefficient (Wildman–Crippen LogP) is 1.32. The van der Waals surface area contributed by atoms with Crippen molar-refractivity contribution < 1.29 is 19.4 Å². The number of carboxylic acids is 1. The molecule has 0 saturated carbocycles. The molecule has 2 aromatic heterocycles. The van der Waals surface area contributed by atoms with E-state index in [-0.39, 0.29) is 23.1 Å². The summed E-state index contributed by atoms with van der Waals surface area (Å²) in [6, 6.07) is 6.80. The third kappa shape index (κ3) is 2.20. The van der Waals surface area contributed by atoms with Crippen molar-refractivity contribution in [3.05, 3.63) is 57.8 Å². The highest BCUT2D eigenvalue weighted by molar-refractivity contribution is 6.02. The van der Waals surface area contributed by atoms with E-state index in [2.05, 4.69) is 10.1 Å². The Hall–Kier alpha value is -3.16. The Morgan fingerprint density at radius 3 is 2.77 bits per heavy atom. The lowest BCUT2D eigenvalue weighted by Gasteiger charge is -2.04. The number of benzene rings is 1. The molecule has 3 aromatic rings. The SMILES string of the molecule is O=C(O)c1nn(Cc2ccccc2F)c2[nH]c(=O)cc(O)c12. The molecule has 22 heavy (non-hydrogen) atoms. The molecule has 0 radical (unpaired) electrons. The van der Waals surface area contributed by atoms with Crippen LogP contribution >= 0.6 is 0 Å². The van der Waals surface area contributed by atoms with Crippen LogP contribution in [-0.4, -0.2) is 30.9 Å². The molecule has 0 unspecified atom stereocenters. The first-order valence-corrected chi connectivity index (χ1v) is 6.27. The van der Waals surface area contributed by atoms with Gasteiger partial charge < -0.3 is 15.2 Å². The van der Waals surface area contributed by atoms with Gasteiger partial charge in [-0.05, 0) is 6.07 Å². The average Bonchev–Trinajstić information content (AvgIpc) is 2.80. The molecule has 8 heteroatoms. The molecule has 7 nitrogen and oxygen atoms in total. The number of aromatic nitrogens is 3. The van der Waals surface area contributed by atoms with Crippen LogP contribution in [-0.2, 0) is 6.54 Å². The number of aromatic carboxylic acids is 1. The lowest BCUT2D eigenvalue weighted by Crippen LogP contribution is -2.09. The number of fused-ring (bicyclic) bond motifs is 1. The summed E-state index contributed by atoms with van der Waals surface area (Å²) in [5.41, 5.74) is -0.740. The van der Waals surface area contributed by atoms with E-state index in [0.717, 1.165) is 10.7 Å². The highest BCUT2D eigenvalue weighted by atomic mass is 19.1. The number of aromatic amines is 1. The summed E-state index contributed by atoms with van der Waals surface area (Å²) in [4.78, 5) is 25.1. The van der Waals surface area contributed by atoms with Gasteiger partial charge in [0.05, 0.1) is 11.9 Å². The lowest BCUT2D eigenvalue weighted by molar-refractivity contribution is 0.0691. The van der Waals surface area contributed by atoms with E-state index in [1.54, 1.807) is 6.07 Å². The molecule has 1 aromatic carbocycles. The molecular formula is C14H10FN3O4. The van der Waals surface area contributed by atoms with Crippen molar-refractivity contribution in [2.24, 2.45) is 0 Å². The Labute approximate surface area is 122 Å². The van der Waals surface area contributed by atoms with Crippen LogP contribution in [0, 0.1) is 5.82 Å². The second-order valence-corrected chi connectivity index (χ2v) is 4.65. The molecule has 3 N–H and O–H groups in total. The molecule has 0 spiro atoms. The number of pyridine rings is 1. The van der Waals surface area contributed by atoms with Crippen LogP contribution in [0.2, 0.25) is 0 Å². The molecule has 0 saturated heterocycles. The van der Waals surface area contributed by atoms with Crippen LogP contribution < -0.4 is 5.56 Å². The normalized spacial score (nSPS) is 11.0. The molecule has 0 atom stereocenters. The van der Waals surface area contributed by atoms with Crippen molar-refractivity contribution in [2.75, 3.05) is 0 Å². The first-order valence-electron chi connectivity index (χ1n) is 6.27. The number of hydrogen-bond donors (Lipinski definition) is 3. The number of carbonyl (C=O) groups is 1. The minimum absolute atomic E-state index is 0.0191. The predicted molar refractivity (Wildman–Crippen MR) is 74.5 cm³/mol. The van der Waals surface area contributed by atoms with Crippen LogP contribution in [0.15, 0.2) is 35.1 Å². The zero-order chi connectivity index (χ0) is 15.9. The molecule has 0 fully saturated rings. The van der Waals surface area contributed by atoms with E-state index in [4.69, 9.17) is 5.11 Å². The summed E-state index contributed by atoms with van der Waals surface area (Å²) >= 11 is 0. The van der Waals surface area contributed by atoms with Gasteiger partial charge in [0.15, 0.2) is 5.69 Å². The molecule has 0 aliphatic rings. The zero-order valence-electron chi connectivity index (χ0n) is 11.1. The topological polar surface area (TPSA) is 108 Å². The number of aromatic hydroxyl groups is 1. The van der Waals surface area contributed by atoms with E-state index in [0.29, 0.717) is 0 Å². The number of hydrogen-bond acceptors (Lipinski definition) is 4. The largest absolute Gasteiger partial charge is 0.507 e. The van der Waals surface area contributed by atoms with E-state index < -0.39 is 28.8 Å². The summed E-state index contributed by atoms with van der Waals surface area (Å²) in [5.74, 6) is -2.33. The van der Waals surface area contributed by atoms with Gasteiger partial charge in [0.25, 0.3) is 5.56 Å². The second kappa shape index (κ2) is 4.99. The highest BCUT2D eigenvalue weighted by Gasteiger charge is 2.21. The van der Waals surface area contributed by atoms with Crippen LogP contribution in [0.5, 0.6) is 5.75 Å². The fourth-order valence-corrected chi connectivity index (χ4v) is 2.23. The van der Waals surface area contributed by atoms with Gasteiger partial charge in [0.1, 0.15) is 17.2 Å². The Kier molecular flexibility index (Phi) is 3.13. The maximum atomic E-state index is 13.7. The number of rotatable bonds is 3. The van der Waals surface area contributed by atoms with Crippen molar-refractivity contribution in [3.63, 3.8) is 0 Å². The fourth-order valence-electron chi connectivity index (χ4n) is 2.23. The Bertz CT molecular complexity index is 945. The smallest absolute Gasteiger partial charge is 0.357 e. The van der Waals surface area contributed by atoms with Gasteiger partial charge in [-0.1, -0.05) is 18.2 Å². The van der Waals surface area contributed by atoms with Crippen molar-refractivity contribution in [1.82, 2.24) is 14.8 Å². The lowest BCUT2D eigenvalue weighted by atomic mass is 10.2. The number of halogens is 1. The fraction of sp³-hybridized carbons (Fsp3) is 0.0714. The van der Waals surface area contributed by atoms with Gasteiger partial charge in [0.2, 0.25) is 0 Å².